The zero-order chi connectivity index (χ0) is 11.6. The van der Waals surface area contributed by atoms with Crippen LogP contribution in [0.1, 0.15) is 38.7 Å². The van der Waals surface area contributed by atoms with Gasteiger partial charge in [-0.05, 0) is 55.5 Å². The molecule has 90 valence electrons. The Morgan fingerprint density at radius 1 is 1.50 bits per heavy atom. The second kappa shape index (κ2) is 4.47. The lowest BCUT2D eigenvalue weighted by atomic mass is 9.81. The van der Waals surface area contributed by atoms with Crippen molar-refractivity contribution in [2.45, 2.75) is 50.7 Å². The van der Waals surface area contributed by atoms with Gasteiger partial charge < -0.3 is 9.84 Å². The monoisotopic (exact) mass is 240 g/mol. The molecule has 1 aromatic rings. The Bertz CT molecular complexity index is 332. The minimum absolute atomic E-state index is 0.179. The van der Waals surface area contributed by atoms with Crippen LogP contribution in [-0.2, 0) is 11.2 Å². The Hall–Kier alpha value is -0.380. The summed E-state index contributed by atoms with van der Waals surface area (Å²) in [5, 5.41) is 14.8. The normalized spacial score (nSPS) is 29.2. The molecule has 0 radical (unpaired) electrons. The van der Waals surface area contributed by atoms with Crippen molar-refractivity contribution in [3.05, 3.63) is 22.4 Å². The first kappa shape index (κ1) is 12.1. The Morgan fingerprint density at radius 3 is 2.94 bits per heavy atom. The lowest BCUT2D eigenvalue weighted by molar-refractivity contribution is -0.146. The van der Waals surface area contributed by atoms with E-state index >= 15 is 0 Å². The maximum Gasteiger partial charge on any atom is 0.0700 e. The maximum absolute atomic E-state index is 10.5. The molecule has 0 amide bonds. The van der Waals surface area contributed by atoms with Crippen molar-refractivity contribution in [2.75, 3.05) is 6.61 Å². The summed E-state index contributed by atoms with van der Waals surface area (Å²) in [6.07, 6.45) is 3.32. The molecule has 2 rings (SSSR count). The lowest BCUT2D eigenvalue weighted by Gasteiger charge is -2.41. The van der Waals surface area contributed by atoms with E-state index in [2.05, 4.69) is 30.7 Å². The van der Waals surface area contributed by atoms with Gasteiger partial charge in [0.05, 0.1) is 17.8 Å². The van der Waals surface area contributed by atoms with Crippen molar-refractivity contribution in [3.63, 3.8) is 0 Å². The summed E-state index contributed by atoms with van der Waals surface area (Å²) < 4.78 is 5.64. The first-order chi connectivity index (χ1) is 7.49. The average molecular weight is 240 g/mol. The van der Waals surface area contributed by atoms with Crippen LogP contribution in [0.5, 0.6) is 0 Å². The Balaban J connectivity index is 1.92. The van der Waals surface area contributed by atoms with Crippen molar-refractivity contribution in [1.29, 1.82) is 0 Å². The van der Waals surface area contributed by atoms with Crippen molar-refractivity contribution in [3.8, 4) is 0 Å². The zero-order valence-electron chi connectivity index (χ0n) is 10.0. The molecular formula is C13H20O2S. The van der Waals surface area contributed by atoms with Crippen LogP contribution in [0.25, 0.3) is 0 Å². The first-order valence-electron chi connectivity index (χ1n) is 5.87. The van der Waals surface area contributed by atoms with E-state index in [-0.39, 0.29) is 5.60 Å². The molecule has 3 heteroatoms. The van der Waals surface area contributed by atoms with Gasteiger partial charge in [0.25, 0.3) is 0 Å². The highest BCUT2D eigenvalue weighted by Gasteiger charge is 2.38. The molecule has 1 unspecified atom stereocenters. The van der Waals surface area contributed by atoms with Gasteiger partial charge in [0.15, 0.2) is 0 Å². The minimum atomic E-state index is -0.538. The second-order valence-electron chi connectivity index (χ2n) is 5.39. The van der Waals surface area contributed by atoms with Crippen LogP contribution in [-0.4, -0.2) is 22.9 Å². The Kier molecular flexibility index (Phi) is 3.38. The minimum Gasteiger partial charge on any atom is -0.390 e. The summed E-state index contributed by atoms with van der Waals surface area (Å²) in [5.74, 6) is 0. The van der Waals surface area contributed by atoms with Gasteiger partial charge in [-0.1, -0.05) is 0 Å². The van der Waals surface area contributed by atoms with E-state index in [0.29, 0.717) is 6.61 Å². The molecule has 1 aromatic heterocycles. The van der Waals surface area contributed by atoms with E-state index in [1.54, 1.807) is 11.3 Å². The number of ether oxygens (including phenoxy) is 1. The quantitative estimate of drug-likeness (QED) is 0.880. The number of aliphatic hydroxyl groups is 1. The van der Waals surface area contributed by atoms with Crippen molar-refractivity contribution in [2.24, 2.45) is 0 Å². The van der Waals surface area contributed by atoms with Crippen LogP contribution in [0.4, 0.5) is 0 Å². The van der Waals surface area contributed by atoms with E-state index in [4.69, 9.17) is 4.74 Å². The summed E-state index contributed by atoms with van der Waals surface area (Å²) in [6, 6.07) is 2.14. The summed E-state index contributed by atoms with van der Waals surface area (Å²) in [7, 11) is 0. The molecule has 2 heterocycles. The lowest BCUT2D eigenvalue weighted by Crippen LogP contribution is -2.46. The zero-order valence-corrected chi connectivity index (χ0v) is 10.8. The van der Waals surface area contributed by atoms with Crippen LogP contribution in [0, 0.1) is 0 Å². The summed E-state index contributed by atoms with van der Waals surface area (Å²) >= 11 is 1.72. The third-order valence-corrected chi connectivity index (χ3v) is 4.01. The molecule has 0 bridgehead atoms. The Morgan fingerprint density at radius 2 is 2.31 bits per heavy atom. The highest BCUT2D eigenvalue weighted by Crippen LogP contribution is 2.35. The van der Waals surface area contributed by atoms with Crippen molar-refractivity contribution >= 4 is 11.3 Å². The van der Waals surface area contributed by atoms with Gasteiger partial charge in [-0.3, -0.25) is 0 Å². The van der Waals surface area contributed by atoms with Crippen molar-refractivity contribution < 1.29 is 9.84 Å². The standard InChI is InChI=1S/C13H20O2S/c1-12(2)10-13(14,6-7-15-12)5-3-11-4-8-16-9-11/h4,8-9,14H,3,5-7,10H2,1-2H3. The van der Waals surface area contributed by atoms with Crippen LogP contribution in [0.15, 0.2) is 16.8 Å². The molecule has 16 heavy (non-hydrogen) atoms. The first-order valence-corrected chi connectivity index (χ1v) is 6.81. The molecular weight excluding hydrogens is 220 g/mol. The molecule has 1 saturated heterocycles. The fourth-order valence-electron chi connectivity index (χ4n) is 2.47. The molecule has 0 spiro atoms. The summed E-state index contributed by atoms with van der Waals surface area (Å²) in [6.45, 7) is 4.79. The number of rotatable bonds is 3. The van der Waals surface area contributed by atoms with Crippen LogP contribution >= 0.6 is 11.3 Å². The molecule has 1 atom stereocenters. The van der Waals surface area contributed by atoms with E-state index in [0.717, 1.165) is 25.7 Å². The number of hydrogen-bond acceptors (Lipinski definition) is 3. The number of thiophene rings is 1. The SMILES string of the molecule is CC1(C)CC(O)(CCc2ccsc2)CCO1. The molecule has 2 nitrogen and oxygen atoms in total. The highest BCUT2D eigenvalue weighted by molar-refractivity contribution is 7.07. The largest absolute Gasteiger partial charge is 0.390 e. The molecule has 1 fully saturated rings. The molecule has 1 aliphatic rings. The van der Waals surface area contributed by atoms with Crippen LogP contribution in [0.3, 0.4) is 0 Å². The van der Waals surface area contributed by atoms with E-state index in [9.17, 15) is 5.11 Å². The third-order valence-electron chi connectivity index (χ3n) is 3.27. The van der Waals surface area contributed by atoms with E-state index in [1.807, 2.05) is 0 Å². The van der Waals surface area contributed by atoms with E-state index in [1.165, 1.54) is 5.56 Å². The average Bonchev–Trinajstić information content (AvgIpc) is 2.65. The fourth-order valence-corrected chi connectivity index (χ4v) is 3.18. The molecule has 0 aromatic carbocycles. The van der Waals surface area contributed by atoms with Gasteiger partial charge in [-0.2, -0.15) is 11.3 Å². The topological polar surface area (TPSA) is 29.5 Å². The van der Waals surface area contributed by atoms with Crippen molar-refractivity contribution in [1.82, 2.24) is 0 Å². The summed E-state index contributed by atoms with van der Waals surface area (Å²) in [4.78, 5) is 0. The van der Waals surface area contributed by atoms with Crippen LogP contribution in [0.2, 0.25) is 0 Å². The smallest absolute Gasteiger partial charge is 0.0700 e. The van der Waals surface area contributed by atoms with Gasteiger partial charge in [0, 0.05) is 6.42 Å². The highest BCUT2D eigenvalue weighted by atomic mass is 32.1. The van der Waals surface area contributed by atoms with Gasteiger partial charge in [0.2, 0.25) is 0 Å². The van der Waals surface area contributed by atoms with Gasteiger partial charge in [-0.25, -0.2) is 0 Å². The van der Waals surface area contributed by atoms with Gasteiger partial charge >= 0.3 is 0 Å². The van der Waals surface area contributed by atoms with Gasteiger partial charge in [-0.15, -0.1) is 0 Å². The third kappa shape index (κ3) is 3.06. The van der Waals surface area contributed by atoms with Gasteiger partial charge in [0.1, 0.15) is 0 Å². The second-order valence-corrected chi connectivity index (χ2v) is 6.17. The predicted molar refractivity (Wildman–Crippen MR) is 66.9 cm³/mol. The molecule has 1 aliphatic heterocycles. The molecule has 0 aliphatic carbocycles. The van der Waals surface area contributed by atoms with Crippen LogP contribution < -0.4 is 0 Å². The number of hydrogen-bond donors (Lipinski definition) is 1. The number of aryl methyl sites for hydroxylation is 1. The van der Waals surface area contributed by atoms with E-state index < -0.39 is 5.60 Å². The predicted octanol–water partition coefficient (Wildman–Crippen LogP) is 3.00. The molecule has 1 N–H and O–H groups in total. The summed E-state index contributed by atoms with van der Waals surface area (Å²) in [5.41, 5.74) is 0.619. The maximum atomic E-state index is 10.5. The molecule has 0 saturated carbocycles. The Labute approximate surface area is 101 Å². The fraction of sp³-hybridized carbons (Fsp3) is 0.692.